The van der Waals surface area contributed by atoms with Crippen molar-refractivity contribution in [2.24, 2.45) is 4.99 Å². The van der Waals surface area contributed by atoms with E-state index in [0.717, 1.165) is 22.3 Å². The van der Waals surface area contributed by atoms with E-state index in [4.69, 9.17) is 30.8 Å². The summed E-state index contributed by atoms with van der Waals surface area (Å²) in [6.45, 7) is 2.32. The second kappa shape index (κ2) is 13.4. The van der Waals surface area contributed by atoms with Crippen molar-refractivity contribution in [3.8, 4) is 11.5 Å². The lowest BCUT2D eigenvalue weighted by molar-refractivity contribution is -0.138. The lowest BCUT2D eigenvalue weighted by Gasteiger charge is -2.26. The van der Waals surface area contributed by atoms with Crippen LogP contribution in [0.25, 0.3) is 11.8 Å². The third-order valence-electron chi connectivity index (χ3n) is 7.28. The second-order valence-corrected chi connectivity index (χ2v) is 11.6. The van der Waals surface area contributed by atoms with Crippen molar-refractivity contribution in [3.05, 3.63) is 156 Å². The smallest absolute Gasteiger partial charge is 0.338 e. The molecule has 0 unspecified atom stereocenters. The molecular formula is C36H29ClN2O5S. The molecule has 0 aliphatic carbocycles. The Morgan fingerprint density at radius 3 is 2.42 bits per heavy atom. The van der Waals surface area contributed by atoms with Gasteiger partial charge in [0.05, 0.1) is 35.6 Å². The van der Waals surface area contributed by atoms with Crippen LogP contribution in [0.5, 0.6) is 11.5 Å². The van der Waals surface area contributed by atoms with Crippen LogP contribution in [0, 0.1) is 0 Å². The molecule has 0 saturated heterocycles. The number of rotatable bonds is 9. The fourth-order valence-electron chi connectivity index (χ4n) is 5.13. The Balaban J connectivity index is 1.47. The molecule has 0 saturated carbocycles. The Morgan fingerprint density at radius 2 is 1.71 bits per heavy atom. The molecule has 1 aromatic heterocycles. The number of ether oxygens (including phenoxy) is 3. The number of thiazole rings is 1. The first-order valence-corrected chi connectivity index (χ1v) is 15.5. The third kappa shape index (κ3) is 6.48. The van der Waals surface area contributed by atoms with Gasteiger partial charge in [-0.05, 0) is 66.1 Å². The van der Waals surface area contributed by atoms with Gasteiger partial charge >= 0.3 is 5.97 Å². The summed E-state index contributed by atoms with van der Waals surface area (Å²) in [5.74, 6) is 0.800. The molecule has 1 atom stereocenters. The number of methoxy groups -OCH3 is 1. The summed E-state index contributed by atoms with van der Waals surface area (Å²) in [5, 5.41) is 0.668. The Morgan fingerprint density at radius 1 is 0.956 bits per heavy atom. The van der Waals surface area contributed by atoms with Crippen LogP contribution in [-0.2, 0) is 16.1 Å². The molecule has 0 bridgehead atoms. The van der Waals surface area contributed by atoms with Crippen molar-refractivity contribution in [2.75, 3.05) is 13.7 Å². The van der Waals surface area contributed by atoms with E-state index in [1.165, 1.54) is 11.3 Å². The Kier molecular flexibility index (Phi) is 8.96. The highest BCUT2D eigenvalue weighted by molar-refractivity contribution is 7.07. The zero-order valence-corrected chi connectivity index (χ0v) is 26.2. The van der Waals surface area contributed by atoms with Gasteiger partial charge in [-0.3, -0.25) is 9.36 Å². The largest absolute Gasteiger partial charge is 0.497 e. The van der Waals surface area contributed by atoms with Crippen molar-refractivity contribution in [1.29, 1.82) is 0 Å². The van der Waals surface area contributed by atoms with Gasteiger partial charge < -0.3 is 14.2 Å². The maximum absolute atomic E-state index is 14.2. The molecule has 45 heavy (non-hydrogen) atoms. The number of hydrogen-bond donors (Lipinski definition) is 0. The number of halogens is 1. The van der Waals surface area contributed by atoms with Gasteiger partial charge in [0.25, 0.3) is 5.56 Å². The van der Waals surface area contributed by atoms with Gasteiger partial charge in [0, 0.05) is 10.6 Å². The van der Waals surface area contributed by atoms with E-state index < -0.39 is 12.0 Å². The minimum atomic E-state index is -0.766. The number of hydrogen-bond acceptors (Lipinski definition) is 7. The molecule has 0 amide bonds. The van der Waals surface area contributed by atoms with Crippen LogP contribution < -0.4 is 24.4 Å². The van der Waals surface area contributed by atoms with Crippen LogP contribution in [0.2, 0.25) is 5.02 Å². The van der Waals surface area contributed by atoms with Gasteiger partial charge in [0.1, 0.15) is 18.1 Å². The Hall–Kier alpha value is -4.92. The number of nitrogens with zero attached hydrogens (tertiary/aromatic N) is 2. The molecule has 5 aromatic rings. The van der Waals surface area contributed by atoms with Gasteiger partial charge in [-0.15, -0.1) is 0 Å². The van der Waals surface area contributed by atoms with Crippen molar-refractivity contribution < 1.29 is 19.0 Å². The first-order valence-electron chi connectivity index (χ1n) is 14.3. The van der Waals surface area contributed by atoms with E-state index in [1.807, 2.05) is 109 Å². The quantitative estimate of drug-likeness (QED) is 0.181. The molecule has 1 aliphatic rings. The third-order valence-corrected chi connectivity index (χ3v) is 8.51. The van der Waals surface area contributed by atoms with Gasteiger partial charge in [-0.1, -0.05) is 89.7 Å². The zero-order chi connectivity index (χ0) is 31.3. The SMILES string of the molecule is CCOC(=O)C1=C(c2ccccc2)N=c2s/c(=C/c3cccc(OCc4ccc(Cl)cc4)c3)c(=O)n2[C@H]1c1ccc(OC)cc1. The Labute approximate surface area is 268 Å². The molecule has 9 heteroatoms. The highest BCUT2D eigenvalue weighted by atomic mass is 35.5. The molecule has 6 rings (SSSR count). The van der Waals surface area contributed by atoms with E-state index in [-0.39, 0.29) is 12.2 Å². The molecule has 0 spiro atoms. The molecule has 7 nitrogen and oxygen atoms in total. The van der Waals surface area contributed by atoms with Crippen molar-refractivity contribution in [1.82, 2.24) is 4.57 Å². The molecule has 2 heterocycles. The van der Waals surface area contributed by atoms with Gasteiger partial charge in [0.15, 0.2) is 4.80 Å². The summed E-state index contributed by atoms with van der Waals surface area (Å²) >= 11 is 7.27. The van der Waals surface area contributed by atoms with E-state index >= 15 is 0 Å². The van der Waals surface area contributed by atoms with Gasteiger partial charge in [0.2, 0.25) is 0 Å². The van der Waals surface area contributed by atoms with Gasteiger partial charge in [-0.2, -0.15) is 0 Å². The standard InChI is InChI=1S/C36H29ClN2O5S/c1-3-43-35(41)31-32(25-9-5-4-6-10-25)38-36-39(33(31)26-14-18-28(42-2)19-15-26)34(40)30(45-36)21-24-8-7-11-29(20-24)44-22-23-12-16-27(37)17-13-23/h4-21,33H,3,22H2,1-2H3/b30-21+/t33-/m0/s1. The van der Waals surface area contributed by atoms with E-state index in [9.17, 15) is 9.59 Å². The van der Waals surface area contributed by atoms with E-state index in [0.29, 0.717) is 43.7 Å². The van der Waals surface area contributed by atoms with Crippen LogP contribution in [0.15, 0.2) is 118 Å². The maximum atomic E-state index is 14.2. The van der Waals surface area contributed by atoms with Crippen LogP contribution in [0.1, 0.15) is 35.2 Å². The summed E-state index contributed by atoms with van der Waals surface area (Å²) in [5.41, 5.74) is 3.77. The lowest BCUT2D eigenvalue weighted by Crippen LogP contribution is -2.40. The number of benzene rings is 4. The van der Waals surface area contributed by atoms with Crippen molar-refractivity contribution in [3.63, 3.8) is 0 Å². The van der Waals surface area contributed by atoms with E-state index in [2.05, 4.69) is 0 Å². The lowest BCUT2D eigenvalue weighted by atomic mass is 9.93. The van der Waals surface area contributed by atoms with Crippen LogP contribution >= 0.6 is 22.9 Å². The summed E-state index contributed by atoms with van der Waals surface area (Å²) in [7, 11) is 1.59. The maximum Gasteiger partial charge on any atom is 0.338 e. The van der Waals surface area contributed by atoms with Crippen molar-refractivity contribution >= 4 is 40.7 Å². The monoisotopic (exact) mass is 636 g/mol. The predicted molar refractivity (Wildman–Crippen MR) is 176 cm³/mol. The second-order valence-electron chi connectivity index (χ2n) is 10.2. The molecule has 1 aliphatic heterocycles. The summed E-state index contributed by atoms with van der Waals surface area (Å²) in [6.07, 6.45) is 1.82. The zero-order valence-electron chi connectivity index (χ0n) is 24.6. The highest BCUT2D eigenvalue weighted by Crippen LogP contribution is 2.35. The fraction of sp³-hybridized carbons (Fsp3) is 0.139. The normalized spacial score (nSPS) is 14.5. The van der Waals surface area contributed by atoms with Crippen LogP contribution in [-0.4, -0.2) is 24.3 Å². The average Bonchev–Trinajstić information content (AvgIpc) is 3.38. The molecule has 0 radical (unpaired) electrons. The number of carbonyl (C=O) groups excluding carboxylic acids is 1. The molecular weight excluding hydrogens is 608 g/mol. The Bertz CT molecular complexity index is 2050. The molecule has 0 fully saturated rings. The highest BCUT2D eigenvalue weighted by Gasteiger charge is 2.35. The first kappa shape index (κ1) is 30.1. The molecule has 0 N–H and O–H groups in total. The number of aromatic nitrogens is 1. The van der Waals surface area contributed by atoms with Crippen LogP contribution in [0.3, 0.4) is 0 Å². The van der Waals surface area contributed by atoms with E-state index in [1.54, 1.807) is 18.6 Å². The fourth-order valence-corrected chi connectivity index (χ4v) is 6.26. The van der Waals surface area contributed by atoms with Crippen LogP contribution in [0.4, 0.5) is 0 Å². The van der Waals surface area contributed by atoms with Crippen molar-refractivity contribution in [2.45, 2.75) is 19.6 Å². The minimum absolute atomic E-state index is 0.181. The molecule has 226 valence electrons. The summed E-state index contributed by atoms with van der Waals surface area (Å²) in [6, 6.07) is 31.1. The molecule has 4 aromatic carbocycles. The number of esters is 1. The number of fused-ring (bicyclic) bond motifs is 1. The average molecular weight is 637 g/mol. The topological polar surface area (TPSA) is 79.1 Å². The minimum Gasteiger partial charge on any atom is -0.497 e. The summed E-state index contributed by atoms with van der Waals surface area (Å²) in [4.78, 5) is 33.2. The van der Waals surface area contributed by atoms with Gasteiger partial charge in [-0.25, -0.2) is 9.79 Å². The number of carbonyl (C=O) groups is 1. The predicted octanol–water partition coefficient (Wildman–Crippen LogP) is 6.18. The first-order chi connectivity index (χ1) is 21.9. The summed E-state index contributed by atoms with van der Waals surface area (Å²) < 4.78 is 19.0.